The number of esters is 1. The minimum absolute atomic E-state index is 0.122. The van der Waals surface area contributed by atoms with Gasteiger partial charge in [0.15, 0.2) is 0 Å². The van der Waals surface area contributed by atoms with Crippen molar-refractivity contribution < 1.29 is 9.53 Å². The topological polar surface area (TPSA) is 61.2 Å². The molecule has 0 amide bonds. The van der Waals surface area contributed by atoms with Gasteiger partial charge >= 0.3 is 5.97 Å². The van der Waals surface area contributed by atoms with Crippen LogP contribution in [0.25, 0.3) is 16.8 Å². The van der Waals surface area contributed by atoms with Gasteiger partial charge in [-0.05, 0) is 30.5 Å². The summed E-state index contributed by atoms with van der Waals surface area (Å²) in [7, 11) is 0. The molecule has 1 heterocycles. The maximum atomic E-state index is 12.5. The minimum atomic E-state index is -0.464. The van der Waals surface area contributed by atoms with E-state index in [2.05, 4.69) is 11.7 Å². The van der Waals surface area contributed by atoms with Crippen molar-refractivity contribution in [2.24, 2.45) is 0 Å². The standard InChI is InChI=1S/C17H20N2O3/c1-5-12-7-8-13-14(9-12)16(11(3)4)18-19(17(13)21)10-15(20)22-6-2/h5,7-9,11H,1,6,10H2,2-4H3. The van der Waals surface area contributed by atoms with E-state index >= 15 is 0 Å². The van der Waals surface area contributed by atoms with Crippen LogP contribution in [0.1, 0.15) is 37.9 Å². The van der Waals surface area contributed by atoms with Gasteiger partial charge in [0.25, 0.3) is 5.56 Å². The van der Waals surface area contributed by atoms with Crippen LogP contribution in [-0.4, -0.2) is 22.4 Å². The molecule has 0 spiro atoms. The second-order valence-electron chi connectivity index (χ2n) is 5.32. The molecule has 2 aromatic rings. The molecular formula is C17H20N2O3. The Balaban J connectivity index is 2.65. The molecule has 0 aliphatic carbocycles. The summed E-state index contributed by atoms with van der Waals surface area (Å²) >= 11 is 0. The molecule has 0 bridgehead atoms. The Morgan fingerprint density at radius 2 is 2.14 bits per heavy atom. The van der Waals surface area contributed by atoms with Crippen molar-refractivity contribution >= 4 is 22.8 Å². The van der Waals surface area contributed by atoms with Gasteiger partial charge in [0.1, 0.15) is 6.54 Å². The molecule has 5 nitrogen and oxygen atoms in total. The van der Waals surface area contributed by atoms with Crippen LogP contribution in [0.15, 0.2) is 29.6 Å². The quantitative estimate of drug-likeness (QED) is 0.797. The fourth-order valence-electron chi connectivity index (χ4n) is 2.32. The van der Waals surface area contributed by atoms with Crippen LogP contribution in [-0.2, 0) is 16.1 Å². The Morgan fingerprint density at radius 3 is 2.73 bits per heavy atom. The third-order valence-corrected chi connectivity index (χ3v) is 3.38. The van der Waals surface area contributed by atoms with Crippen LogP contribution >= 0.6 is 0 Å². The SMILES string of the molecule is C=Cc1ccc2c(=O)n(CC(=O)OCC)nc(C(C)C)c2c1. The van der Waals surface area contributed by atoms with Crippen molar-refractivity contribution in [2.75, 3.05) is 6.61 Å². The summed E-state index contributed by atoms with van der Waals surface area (Å²) in [4.78, 5) is 24.2. The first kappa shape index (κ1) is 15.9. The summed E-state index contributed by atoms with van der Waals surface area (Å²) in [6.07, 6.45) is 1.73. The van der Waals surface area contributed by atoms with Gasteiger partial charge in [-0.25, -0.2) is 4.68 Å². The van der Waals surface area contributed by atoms with E-state index in [0.29, 0.717) is 5.39 Å². The molecule has 22 heavy (non-hydrogen) atoms. The molecule has 1 aromatic carbocycles. The molecule has 0 saturated carbocycles. The maximum Gasteiger partial charge on any atom is 0.327 e. The molecule has 1 aromatic heterocycles. The Labute approximate surface area is 129 Å². The van der Waals surface area contributed by atoms with Gasteiger partial charge in [-0.2, -0.15) is 5.10 Å². The number of rotatable bonds is 5. The average molecular weight is 300 g/mol. The lowest BCUT2D eigenvalue weighted by Crippen LogP contribution is -2.29. The van der Waals surface area contributed by atoms with Gasteiger partial charge in [0, 0.05) is 5.39 Å². The third kappa shape index (κ3) is 3.08. The monoisotopic (exact) mass is 300 g/mol. The largest absolute Gasteiger partial charge is 0.465 e. The molecule has 0 N–H and O–H groups in total. The van der Waals surface area contributed by atoms with E-state index in [4.69, 9.17) is 4.74 Å². The van der Waals surface area contributed by atoms with E-state index in [0.717, 1.165) is 16.6 Å². The van der Waals surface area contributed by atoms with E-state index in [1.54, 1.807) is 19.1 Å². The highest BCUT2D eigenvalue weighted by atomic mass is 16.5. The van der Waals surface area contributed by atoms with Crippen molar-refractivity contribution in [3.8, 4) is 0 Å². The third-order valence-electron chi connectivity index (χ3n) is 3.38. The number of ether oxygens (including phenoxy) is 1. The zero-order valence-electron chi connectivity index (χ0n) is 13.1. The highest BCUT2D eigenvalue weighted by Crippen LogP contribution is 2.22. The molecule has 0 radical (unpaired) electrons. The second kappa shape index (κ2) is 6.56. The van der Waals surface area contributed by atoms with Crippen molar-refractivity contribution in [2.45, 2.75) is 33.2 Å². The van der Waals surface area contributed by atoms with Crippen LogP contribution in [0.5, 0.6) is 0 Å². The normalized spacial score (nSPS) is 10.9. The van der Waals surface area contributed by atoms with Crippen molar-refractivity contribution in [3.63, 3.8) is 0 Å². The summed E-state index contributed by atoms with van der Waals surface area (Å²) in [5.74, 6) is -0.342. The summed E-state index contributed by atoms with van der Waals surface area (Å²) in [6.45, 7) is 9.58. The smallest absolute Gasteiger partial charge is 0.327 e. The fraction of sp³-hybridized carbons (Fsp3) is 0.353. The number of carbonyl (C=O) groups excluding carboxylic acids is 1. The zero-order chi connectivity index (χ0) is 16.3. The number of benzene rings is 1. The molecule has 116 valence electrons. The first-order valence-electron chi connectivity index (χ1n) is 7.30. The van der Waals surface area contributed by atoms with Gasteiger partial charge < -0.3 is 4.74 Å². The first-order chi connectivity index (χ1) is 10.5. The number of nitrogens with zero attached hydrogens (tertiary/aromatic N) is 2. The zero-order valence-corrected chi connectivity index (χ0v) is 13.1. The average Bonchev–Trinajstić information content (AvgIpc) is 2.49. The molecule has 0 atom stereocenters. The highest BCUT2D eigenvalue weighted by molar-refractivity contribution is 5.86. The van der Waals surface area contributed by atoms with Crippen LogP contribution in [0.2, 0.25) is 0 Å². The van der Waals surface area contributed by atoms with E-state index in [9.17, 15) is 9.59 Å². The Morgan fingerprint density at radius 1 is 1.41 bits per heavy atom. The second-order valence-corrected chi connectivity index (χ2v) is 5.32. The molecule has 0 saturated heterocycles. The van der Waals surface area contributed by atoms with Crippen molar-refractivity contribution in [1.82, 2.24) is 9.78 Å². The summed E-state index contributed by atoms with van der Waals surface area (Å²) < 4.78 is 6.08. The number of aromatic nitrogens is 2. The molecule has 0 unspecified atom stereocenters. The maximum absolute atomic E-state index is 12.5. The number of fused-ring (bicyclic) bond motifs is 1. The molecule has 0 aliphatic rings. The Hall–Kier alpha value is -2.43. The lowest BCUT2D eigenvalue weighted by Gasteiger charge is -2.13. The van der Waals surface area contributed by atoms with Crippen molar-refractivity contribution in [3.05, 3.63) is 46.4 Å². The number of carbonyl (C=O) groups is 1. The van der Waals surface area contributed by atoms with Gasteiger partial charge in [-0.3, -0.25) is 9.59 Å². The van der Waals surface area contributed by atoms with Gasteiger partial charge in [-0.15, -0.1) is 0 Å². The molecular weight excluding hydrogens is 280 g/mol. The van der Waals surface area contributed by atoms with E-state index in [1.807, 2.05) is 26.0 Å². The Bertz CT molecular complexity index is 775. The van der Waals surface area contributed by atoms with Gasteiger partial charge in [0.05, 0.1) is 17.7 Å². The number of hydrogen-bond acceptors (Lipinski definition) is 4. The predicted molar refractivity (Wildman–Crippen MR) is 86.8 cm³/mol. The number of hydrogen-bond donors (Lipinski definition) is 0. The van der Waals surface area contributed by atoms with Gasteiger partial charge in [0.2, 0.25) is 0 Å². The van der Waals surface area contributed by atoms with E-state index in [-0.39, 0.29) is 24.6 Å². The van der Waals surface area contributed by atoms with Gasteiger partial charge in [-0.1, -0.05) is 32.6 Å². The molecule has 0 fully saturated rings. The summed E-state index contributed by atoms with van der Waals surface area (Å²) in [5.41, 5.74) is 1.42. The predicted octanol–water partition coefficient (Wildman–Crippen LogP) is 2.73. The van der Waals surface area contributed by atoms with E-state index in [1.165, 1.54) is 4.68 Å². The van der Waals surface area contributed by atoms with Crippen LogP contribution < -0.4 is 5.56 Å². The van der Waals surface area contributed by atoms with Crippen LogP contribution in [0.3, 0.4) is 0 Å². The summed E-state index contributed by atoms with van der Waals surface area (Å²) in [5, 5.41) is 5.72. The van der Waals surface area contributed by atoms with Crippen molar-refractivity contribution in [1.29, 1.82) is 0 Å². The lowest BCUT2D eigenvalue weighted by atomic mass is 10.0. The summed E-state index contributed by atoms with van der Waals surface area (Å²) in [6, 6.07) is 5.49. The first-order valence-corrected chi connectivity index (χ1v) is 7.30. The minimum Gasteiger partial charge on any atom is -0.465 e. The molecule has 5 heteroatoms. The Kier molecular flexibility index (Phi) is 4.75. The molecule has 2 rings (SSSR count). The van der Waals surface area contributed by atoms with Crippen LogP contribution in [0, 0.1) is 0 Å². The molecule has 0 aliphatic heterocycles. The fourth-order valence-corrected chi connectivity index (χ4v) is 2.32. The lowest BCUT2D eigenvalue weighted by molar-refractivity contribution is -0.144. The van der Waals surface area contributed by atoms with E-state index < -0.39 is 5.97 Å². The highest BCUT2D eigenvalue weighted by Gasteiger charge is 2.15. The van der Waals surface area contributed by atoms with Crippen LogP contribution in [0.4, 0.5) is 0 Å².